The van der Waals surface area contributed by atoms with Crippen molar-refractivity contribution in [2.45, 2.75) is 58.9 Å². The van der Waals surface area contributed by atoms with Gasteiger partial charge in [-0.25, -0.2) is 13.8 Å². The van der Waals surface area contributed by atoms with E-state index in [4.69, 9.17) is 0 Å². The number of halogens is 3. The van der Waals surface area contributed by atoms with Gasteiger partial charge in [-0.1, -0.05) is 44.5 Å². The quantitative estimate of drug-likeness (QED) is 0.250. The average Bonchev–Trinajstić information content (AvgIpc) is 2.86. The van der Waals surface area contributed by atoms with Crippen LogP contribution in [-0.4, -0.2) is 19.6 Å². The summed E-state index contributed by atoms with van der Waals surface area (Å²) in [5.74, 6) is -2.00. The molecule has 4 rings (SSSR count). The Balaban J connectivity index is 1.81. The molecule has 0 aliphatic carbocycles. The minimum absolute atomic E-state index is 0.0845. The molecule has 8 heteroatoms. The first-order chi connectivity index (χ1) is 18.2. The molecule has 0 spiro atoms. The van der Waals surface area contributed by atoms with Gasteiger partial charge in [-0.3, -0.25) is 9.36 Å². The average molecular weight is 522 g/mol. The van der Waals surface area contributed by atoms with Gasteiger partial charge in [0.25, 0.3) is 5.56 Å². The summed E-state index contributed by atoms with van der Waals surface area (Å²) in [4.78, 5) is 22.2. The summed E-state index contributed by atoms with van der Waals surface area (Å²) in [5.41, 5.74) is 2.77. The SMILES string of the molecule is CCCCc1nc(O)c(Cc2cccc(-c3ccc(F)nc3C)c2)c(=O)n1C(CC)c1cc(F)cc(F)c1. The van der Waals surface area contributed by atoms with Gasteiger partial charge in [0.2, 0.25) is 11.8 Å². The number of nitrogens with zero attached hydrogens (tertiary/aromatic N) is 3. The predicted octanol–water partition coefficient (Wildman–Crippen LogP) is 6.67. The van der Waals surface area contributed by atoms with Gasteiger partial charge in [0, 0.05) is 30.2 Å². The van der Waals surface area contributed by atoms with Crippen LogP contribution >= 0.6 is 0 Å². The molecule has 2 aromatic heterocycles. The first kappa shape index (κ1) is 27.1. The molecule has 1 N–H and O–H groups in total. The molecule has 0 bridgehead atoms. The lowest BCUT2D eigenvalue weighted by Gasteiger charge is -2.23. The lowest BCUT2D eigenvalue weighted by Crippen LogP contribution is -2.32. The van der Waals surface area contributed by atoms with Crippen LogP contribution in [0.3, 0.4) is 0 Å². The molecule has 0 saturated heterocycles. The highest BCUT2D eigenvalue weighted by Gasteiger charge is 2.24. The van der Waals surface area contributed by atoms with Gasteiger partial charge >= 0.3 is 0 Å². The van der Waals surface area contributed by atoms with Crippen molar-refractivity contribution in [3.05, 3.63) is 111 Å². The molecule has 0 saturated carbocycles. The minimum atomic E-state index is -0.726. The molecule has 38 heavy (non-hydrogen) atoms. The number of aryl methyl sites for hydroxylation is 2. The molecule has 0 fully saturated rings. The zero-order chi connectivity index (χ0) is 27.4. The third-order valence-corrected chi connectivity index (χ3v) is 6.65. The highest BCUT2D eigenvalue weighted by Crippen LogP contribution is 2.28. The van der Waals surface area contributed by atoms with Gasteiger partial charge < -0.3 is 5.11 Å². The fourth-order valence-corrected chi connectivity index (χ4v) is 4.81. The van der Waals surface area contributed by atoms with E-state index < -0.39 is 29.2 Å². The zero-order valence-corrected chi connectivity index (χ0v) is 21.6. The molecule has 0 radical (unpaired) electrons. The van der Waals surface area contributed by atoms with Gasteiger partial charge in [-0.05, 0) is 60.7 Å². The van der Waals surface area contributed by atoms with Crippen molar-refractivity contribution in [3.8, 4) is 17.0 Å². The summed E-state index contributed by atoms with van der Waals surface area (Å²) < 4.78 is 43.2. The normalized spacial score (nSPS) is 12.1. The first-order valence-electron chi connectivity index (χ1n) is 12.7. The number of pyridine rings is 1. The minimum Gasteiger partial charge on any atom is -0.493 e. The van der Waals surface area contributed by atoms with Crippen LogP contribution in [0.2, 0.25) is 0 Å². The van der Waals surface area contributed by atoms with Crippen molar-refractivity contribution < 1.29 is 18.3 Å². The van der Waals surface area contributed by atoms with Crippen LogP contribution in [0.15, 0.2) is 59.4 Å². The van der Waals surface area contributed by atoms with Crippen LogP contribution in [0.25, 0.3) is 11.1 Å². The van der Waals surface area contributed by atoms with Gasteiger partial charge in [0.1, 0.15) is 17.5 Å². The fraction of sp³-hybridized carbons (Fsp3) is 0.300. The monoisotopic (exact) mass is 521 g/mol. The lowest BCUT2D eigenvalue weighted by atomic mass is 9.98. The van der Waals surface area contributed by atoms with Crippen LogP contribution < -0.4 is 5.56 Å². The summed E-state index contributed by atoms with van der Waals surface area (Å²) in [6, 6.07) is 12.9. The summed E-state index contributed by atoms with van der Waals surface area (Å²) in [6.45, 7) is 5.55. The summed E-state index contributed by atoms with van der Waals surface area (Å²) in [7, 11) is 0. The van der Waals surface area contributed by atoms with Crippen molar-refractivity contribution in [1.82, 2.24) is 14.5 Å². The maximum Gasteiger partial charge on any atom is 0.261 e. The van der Waals surface area contributed by atoms with Crippen LogP contribution in [-0.2, 0) is 12.8 Å². The molecule has 1 atom stereocenters. The molecular formula is C30H30F3N3O2. The van der Waals surface area contributed by atoms with E-state index in [9.17, 15) is 23.1 Å². The second-order valence-corrected chi connectivity index (χ2v) is 9.38. The maximum absolute atomic E-state index is 14.1. The molecule has 2 aromatic carbocycles. The number of benzene rings is 2. The molecule has 2 heterocycles. The highest BCUT2D eigenvalue weighted by atomic mass is 19.1. The third-order valence-electron chi connectivity index (χ3n) is 6.65. The van der Waals surface area contributed by atoms with Crippen molar-refractivity contribution in [3.63, 3.8) is 0 Å². The lowest BCUT2D eigenvalue weighted by molar-refractivity contribution is 0.419. The summed E-state index contributed by atoms with van der Waals surface area (Å²) >= 11 is 0. The molecule has 198 valence electrons. The molecular weight excluding hydrogens is 491 g/mol. The summed E-state index contributed by atoms with van der Waals surface area (Å²) in [5, 5.41) is 10.8. The maximum atomic E-state index is 14.1. The van der Waals surface area contributed by atoms with E-state index in [0.29, 0.717) is 29.9 Å². The van der Waals surface area contributed by atoms with Gasteiger partial charge in [0.15, 0.2) is 0 Å². The fourth-order valence-electron chi connectivity index (χ4n) is 4.81. The van der Waals surface area contributed by atoms with Crippen LogP contribution in [0, 0.1) is 24.5 Å². The Morgan fingerprint density at radius 1 is 0.974 bits per heavy atom. The second kappa shape index (κ2) is 11.6. The third kappa shape index (κ3) is 5.79. The van der Waals surface area contributed by atoms with E-state index in [0.717, 1.165) is 35.6 Å². The molecule has 0 aliphatic heterocycles. The number of hydrogen-bond acceptors (Lipinski definition) is 4. The Kier molecular flexibility index (Phi) is 8.29. The Morgan fingerprint density at radius 2 is 1.71 bits per heavy atom. The van der Waals surface area contributed by atoms with Crippen LogP contribution in [0.4, 0.5) is 13.2 Å². The molecule has 0 amide bonds. The van der Waals surface area contributed by atoms with Crippen molar-refractivity contribution in [2.75, 3.05) is 0 Å². The van der Waals surface area contributed by atoms with Crippen LogP contribution in [0.1, 0.15) is 67.4 Å². The van der Waals surface area contributed by atoms with E-state index in [1.807, 2.05) is 38.1 Å². The standard InChI is InChI=1S/C30H30F3N3O2/c1-4-6-10-28-35-29(37)25(30(38)36(28)26(5-2)21-15-22(31)17-23(32)16-21)14-19-8-7-9-20(13-19)24-11-12-27(33)34-18(24)3/h7-9,11-13,15-17,26,37H,4-6,10,14H2,1-3H3. The smallest absolute Gasteiger partial charge is 0.261 e. The van der Waals surface area contributed by atoms with Gasteiger partial charge in [-0.15, -0.1) is 0 Å². The number of unbranched alkanes of at least 4 members (excludes halogenated alkanes) is 1. The van der Waals surface area contributed by atoms with E-state index in [1.165, 1.54) is 22.8 Å². The van der Waals surface area contributed by atoms with Gasteiger partial charge in [-0.2, -0.15) is 9.37 Å². The topological polar surface area (TPSA) is 68.0 Å². The van der Waals surface area contributed by atoms with Crippen LogP contribution in [0.5, 0.6) is 5.88 Å². The van der Waals surface area contributed by atoms with Gasteiger partial charge in [0.05, 0.1) is 11.6 Å². The van der Waals surface area contributed by atoms with E-state index in [-0.39, 0.29) is 17.9 Å². The van der Waals surface area contributed by atoms with Crippen molar-refractivity contribution in [2.24, 2.45) is 0 Å². The zero-order valence-electron chi connectivity index (χ0n) is 21.6. The van der Waals surface area contributed by atoms with Crippen molar-refractivity contribution >= 4 is 0 Å². The number of aromatic nitrogens is 3. The van der Waals surface area contributed by atoms with E-state index in [2.05, 4.69) is 9.97 Å². The molecule has 5 nitrogen and oxygen atoms in total. The molecule has 4 aromatic rings. The Labute approximate surface area is 219 Å². The van der Waals surface area contributed by atoms with E-state index in [1.54, 1.807) is 13.0 Å². The second-order valence-electron chi connectivity index (χ2n) is 9.38. The van der Waals surface area contributed by atoms with Crippen molar-refractivity contribution in [1.29, 1.82) is 0 Å². The largest absolute Gasteiger partial charge is 0.493 e. The molecule has 1 unspecified atom stereocenters. The Morgan fingerprint density at radius 3 is 2.37 bits per heavy atom. The summed E-state index contributed by atoms with van der Waals surface area (Å²) in [6.07, 6.45) is 2.47. The Hall–Kier alpha value is -3.94. The predicted molar refractivity (Wildman–Crippen MR) is 141 cm³/mol. The number of aromatic hydroxyl groups is 1. The highest BCUT2D eigenvalue weighted by molar-refractivity contribution is 5.66. The van der Waals surface area contributed by atoms with E-state index >= 15 is 0 Å². The number of hydrogen-bond donors (Lipinski definition) is 1. The Bertz CT molecular complexity index is 1500. The molecule has 0 aliphatic rings. The first-order valence-corrected chi connectivity index (χ1v) is 12.7. The number of rotatable bonds is 9.